The molecule has 4 nitrogen and oxygen atoms in total. The van der Waals surface area contributed by atoms with Crippen molar-refractivity contribution in [1.29, 1.82) is 0 Å². The van der Waals surface area contributed by atoms with Gasteiger partial charge in [-0.1, -0.05) is 18.0 Å². The number of rotatable bonds is 4. The molecule has 3 rings (SSSR count). The SMILES string of the molecule is CCOC(=O)c1cc(NC(=S)NC2CC3CCC2C3)ccc1Cl. The molecule has 2 fully saturated rings. The lowest BCUT2D eigenvalue weighted by molar-refractivity contribution is 0.0526. The summed E-state index contributed by atoms with van der Waals surface area (Å²) in [7, 11) is 0. The monoisotopic (exact) mass is 352 g/mol. The zero-order valence-electron chi connectivity index (χ0n) is 13.1. The fourth-order valence-corrected chi connectivity index (χ4v) is 4.19. The summed E-state index contributed by atoms with van der Waals surface area (Å²) in [5.41, 5.74) is 1.08. The Morgan fingerprint density at radius 1 is 1.39 bits per heavy atom. The Balaban J connectivity index is 1.62. The van der Waals surface area contributed by atoms with Gasteiger partial charge in [-0.15, -0.1) is 0 Å². The number of carbonyl (C=O) groups is 1. The topological polar surface area (TPSA) is 50.4 Å². The third kappa shape index (κ3) is 3.78. The number of ether oxygens (including phenoxy) is 1. The lowest BCUT2D eigenvalue weighted by atomic mass is 9.96. The molecule has 3 unspecified atom stereocenters. The fraction of sp³-hybridized carbons (Fsp3) is 0.529. The largest absolute Gasteiger partial charge is 0.462 e. The van der Waals surface area contributed by atoms with Gasteiger partial charge in [0.05, 0.1) is 17.2 Å². The number of fused-ring (bicyclic) bond motifs is 2. The van der Waals surface area contributed by atoms with Crippen LogP contribution < -0.4 is 10.6 Å². The van der Waals surface area contributed by atoms with Crippen molar-refractivity contribution in [3.8, 4) is 0 Å². The number of carbonyl (C=O) groups excluding carboxylic acids is 1. The van der Waals surface area contributed by atoms with Gasteiger partial charge in [0, 0.05) is 11.7 Å². The summed E-state index contributed by atoms with van der Waals surface area (Å²) in [6.07, 6.45) is 5.21. The van der Waals surface area contributed by atoms with E-state index in [1.165, 1.54) is 25.7 Å². The molecule has 0 radical (unpaired) electrons. The molecule has 0 amide bonds. The van der Waals surface area contributed by atoms with Gasteiger partial charge in [0.2, 0.25) is 0 Å². The average Bonchev–Trinajstić information content (AvgIpc) is 3.12. The Hall–Kier alpha value is -1.33. The maximum atomic E-state index is 11.9. The molecule has 2 N–H and O–H groups in total. The van der Waals surface area contributed by atoms with Gasteiger partial charge in [-0.2, -0.15) is 0 Å². The number of nitrogens with one attached hydrogen (secondary N) is 2. The van der Waals surface area contributed by atoms with Crippen molar-refractivity contribution in [3.05, 3.63) is 28.8 Å². The van der Waals surface area contributed by atoms with Crippen LogP contribution in [0.4, 0.5) is 5.69 Å². The second-order valence-electron chi connectivity index (χ2n) is 6.29. The van der Waals surface area contributed by atoms with E-state index in [9.17, 15) is 4.79 Å². The molecule has 6 heteroatoms. The van der Waals surface area contributed by atoms with Gasteiger partial charge in [0.1, 0.15) is 0 Å². The number of hydrogen-bond donors (Lipinski definition) is 2. The molecule has 23 heavy (non-hydrogen) atoms. The fourth-order valence-electron chi connectivity index (χ4n) is 3.73. The van der Waals surface area contributed by atoms with Gasteiger partial charge in [-0.3, -0.25) is 0 Å². The smallest absolute Gasteiger partial charge is 0.339 e. The minimum atomic E-state index is -0.423. The van der Waals surface area contributed by atoms with Crippen LogP contribution in [-0.4, -0.2) is 23.7 Å². The molecule has 0 aromatic heterocycles. The van der Waals surface area contributed by atoms with E-state index in [1.54, 1.807) is 25.1 Å². The van der Waals surface area contributed by atoms with Gasteiger partial charge in [-0.25, -0.2) is 4.79 Å². The summed E-state index contributed by atoms with van der Waals surface area (Å²) < 4.78 is 5.01. The van der Waals surface area contributed by atoms with E-state index in [0.717, 1.165) is 17.5 Å². The van der Waals surface area contributed by atoms with Gasteiger partial charge in [0.15, 0.2) is 5.11 Å². The Morgan fingerprint density at radius 2 is 2.22 bits per heavy atom. The molecule has 2 aliphatic rings. The van der Waals surface area contributed by atoms with Crippen LogP contribution >= 0.6 is 23.8 Å². The lowest BCUT2D eigenvalue weighted by Gasteiger charge is -2.24. The standard InChI is InChI=1S/C17H21ClN2O2S/c1-2-22-16(21)13-9-12(5-6-14(13)18)19-17(23)20-15-8-10-3-4-11(15)7-10/h5-6,9-11,15H,2-4,7-8H2,1H3,(H2,19,20,23). The van der Waals surface area contributed by atoms with Crippen molar-refractivity contribution in [2.24, 2.45) is 11.8 Å². The second kappa shape index (κ2) is 7.05. The first-order chi connectivity index (χ1) is 11.1. The first-order valence-corrected chi connectivity index (χ1v) is 8.89. The molecule has 0 spiro atoms. The molecular weight excluding hydrogens is 332 g/mol. The van der Waals surface area contributed by atoms with E-state index < -0.39 is 5.97 Å². The number of halogens is 1. The molecule has 124 valence electrons. The molecule has 0 aliphatic heterocycles. The second-order valence-corrected chi connectivity index (χ2v) is 7.11. The molecular formula is C17H21ClN2O2S. The van der Waals surface area contributed by atoms with Gasteiger partial charge >= 0.3 is 5.97 Å². The van der Waals surface area contributed by atoms with Crippen LogP contribution in [0, 0.1) is 11.8 Å². The van der Waals surface area contributed by atoms with Crippen LogP contribution in [0.15, 0.2) is 18.2 Å². The highest BCUT2D eigenvalue weighted by Crippen LogP contribution is 2.44. The molecule has 1 aromatic rings. The van der Waals surface area contributed by atoms with Crippen molar-refractivity contribution < 1.29 is 9.53 Å². The van der Waals surface area contributed by atoms with Gasteiger partial charge in [-0.05, 0) is 68.4 Å². The highest BCUT2D eigenvalue weighted by molar-refractivity contribution is 7.80. The van der Waals surface area contributed by atoms with Crippen LogP contribution in [-0.2, 0) is 4.74 Å². The molecule has 2 aliphatic carbocycles. The Morgan fingerprint density at radius 3 is 2.87 bits per heavy atom. The number of benzene rings is 1. The van der Waals surface area contributed by atoms with E-state index in [-0.39, 0.29) is 0 Å². The molecule has 2 bridgehead atoms. The van der Waals surface area contributed by atoms with Crippen molar-refractivity contribution in [2.45, 2.75) is 38.6 Å². The third-order valence-electron chi connectivity index (χ3n) is 4.77. The molecule has 1 aromatic carbocycles. The van der Waals surface area contributed by atoms with Crippen molar-refractivity contribution in [1.82, 2.24) is 5.32 Å². The highest BCUT2D eigenvalue weighted by atomic mass is 35.5. The van der Waals surface area contributed by atoms with Gasteiger partial charge in [0.25, 0.3) is 0 Å². The minimum absolute atomic E-state index is 0.316. The summed E-state index contributed by atoms with van der Waals surface area (Å²) in [5, 5.41) is 7.54. The molecule has 0 saturated heterocycles. The van der Waals surface area contributed by atoms with Crippen LogP contribution in [0.3, 0.4) is 0 Å². The predicted molar refractivity (Wildman–Crippen MR) is 96.0 cm³/mol. The summed E-state index contributed by atoms with van der Waals surface area (Å²) in [6, 6.07) is 5.64. The zero-order chi connectivity index (χ0) is 16.4. The van der Waals surface area contributed by atoms with Crippen molar-refractivity contribution in [2.75, 3.05) is 11.9 Å². The molecule has 3 atom stereocenters. The Bertz CT molecular complexity index is 623. The number of thiocarbonyl (C=S) groups is 1. The number of anilines is 1. The minimum Gasteiger partial charge on any atom is -0.462 e. The van der Waals surface area contributed by atoms with Crippen LogP contribution in [0.2, 0.25) is 5.02 Å². The normalized spacial score (nSPS) is 25.2. The maximum absolute atomic E-state index is 11.9. The quantitative estimate of drug-likeness (QED) is 0.633. The van der Waals surface area contributed by atoms with E-state index in [1.807, 2.05) is 0 Å². The van der Waals surface area contributed by atoms with E-state index >= 15 is 0 Å². The average molecular weight is 353 g/mol. The molecule has 2 saturated carbocycles. The third-order valence-corrected chi connectivity index (χ3v) is 5.32. The zero-order valence-corrected chi connectivity index (χ0v) is 14.7. The first-order valence-electron chi connectivity index (χ1n) is 8.11. The van der Waals surface area contributed by atoms with Gasteiger partial charge < -0.3 is 15.4 Å². The summed E-state index contributed by atoms with van der Waals surface area (Å²) in [6.45, 7) is 2.08. The predicted octanol–water partition coefficient (Wildman–Crippen LogP) is 3.99. The first kappa shape index (κ1) is 16.5. The number of hydrogen-bond acceptors (Lipinski definition) is 3. The lowest BCUT2D eigenvalue weighted by Crippen LogP contribution is -2.40. The van der Waals surface area contributed by atoms with Crippen molar-refractivity contribution >= 4 is 40.6 Å². The summed E-state index contributed by atoms with van der Waals surface area (Å²) >= 11 is 11.5. The highest BCUT2D eigenvalue weighted by Gasteiger charge is 2.39. The number of esters is 1. The van der Waals surface area contributed by atoms with Crippen LogP contribution in [0.5, 0.6) is 0 Å². The summed E-state index contributed by atoms with van der Waals surface area (Å²) in [4.78, 5) is 11.9. The van der Waals surface area contributed by atoms with Crippen LogP contribution in [0.1, 0.15) is 43.0 Å². The maximum Gasteiger partial charge on any atom is 0.339 e. The summed E-state index contributed by atoms with van der Waals surface area (Å²) in [5.74, 6) is 1.19. The molecule has 0 heterocycles. The van der Waals surface area contributed by atoms with E-state index in [2.05, 4.69) is 10.6 Å². The Kier molecular flexibility index (Phi) is 5.07. The Labute approximate surface area is 146 Å². The van der Waals surface area contributed by atoms with Crippen LogP contribution in [0.25, 0.3) is 0 Å². The van der Waals surface area contributed by atoms with E-state index in [0.29, 0.717) is 28.3 Å². The van der Waals surface area contributed by atoms with Crippen molar-refractivity contribution in [3.63, 3.8) is 0 Å². The van der Waals surface area contributed by atoms with E-state index in [4.69, 9.17) is 28.6 Å².